The van der Waals surface area contributed by atoms with Gasteiger partial charge in [-0.2, -0.15) is 4.31 Å². The van der Waals surface area contributed by atoms with E-state index in [2.05, 4.69) is 10.3 Å². The van der Waals surface area contributed by atoms with Crippen LogP contribution in [0.4, 0.5) is 19.6 Å². The van der Waals surface area contributed by atoms with Gasteiger partial charge >= 0.3 is 0 Å². The second-order valence-electron chi connectivity index (χ2n) is 7.84. The Kier molecular flexibility index (Phi) is 6.23. The minimum Gasteiger partial charge on any atom is -0.379 e. The number of benzene rings is 1. The van der Waals surface area contributed by atoms with Crippen LogP contribution in [0.15, 0.2) is 23.1 Å². The summed E-state index contributed by atoms with van der Waals surface area (Å²) in [6, 6.07) is 4.06. The summed E-state index contributed by atoms with van der Waals surface area (Å²) in [6.45, 7) is 4.22. The normalized spacial score (nSPS) is 19.3. The molecule has 3 heterocycles. The number of hydrogen-bond donors (Lipinski definition) is 1. The van der Waals surface area contributed by atoms with Crippen molar-refractivity contribution >= 4 is 38.1 Å². The maximum Gasteiger partial charge on any atom is 0.266 e. The standard InChI is InChI=1S/C20H24F2N4O4S2/c1-13-14(2)31-19(23-13)24-18(27)16-11-15(32(28,29)26-7-9-30-10-8-26)3-4-17(16)25-6-5-20(21,22)12-25/h3-4,11H,5-10,12H2,1-2H3,(H,23,24,27). The third kappa shape index (κ3) is 4.63. The van der Waals surface area contributed by atoms with E-state index in [-0.39, 0.29) is 55.4 Å². The molecule has 4 rings (SSSR count). The first kappa shape index (κ1) is 23.0. The number of rotatable bonds is 5. The fourth-order valence-electron chi connectivity index (χ4n) is 3.70. The van der Waals surface area contributed by atoms with Crippen LogP contribution in [0.3, 0.4) is 0 Å². The Morgan fingerprint density at radius 1 is 1.22 bits per heavy atom. The van der Waals surface area contributed by atoms with Gasteiger partial charge in [0.25, 0.3) is 11.8 Å². The third-order valence-corrected chi connectivity index (χ3v) is 8.46. The number of carbonyl (C=O) groups excluding carboxylic acids is 1. The maximum absolute atomic E-state index is 13.9. The lowest BCUT2D eigenvalue weighted by Gasteiger charge is -2.27. The van der Waals surface area contributed by atoms with Crippen LogP contribution < -0.4 is 10.2 Å². The van der Waals surface area contributed by atoms with E-state index >= 15 is 0 Å². The molecule has 0 atom stereocenters. The quantitative estimate of drug-likeness (QED) is 0.699. The Labute approximate surface area is 189 Å². The van der Waals surface area contributed by atoms with E-state index in [1.807, 2.05) is 13.8 Å². The number of ether oxygens (including phenoxy) is 1. The molecular weight excluding hydrogens is 462 g/mol. The summed E-state index contributed by atoms with van der Waals surface area (Å²) in [7, 11) is -3.86. The summed E-state index contributed by atoms with van der Waals surface area (Å²) in [5, 5.41) is 3.05. The zero-order chi connectivity index (χ0) is 23.1. The van der Waals surface area contributed by atoms with Crippen molar-refractivity contribution < 1.29 is 26.7 Å². The van der Waals surface area contributed by atoms with Crippen molar-refractivity contribution in [2.24, 2.45) is 0 Å². The van der Waals surface area contributed by atoms with E-state index in [1.54, 1.807) is 0 Å². The molecule has 2 aliphatic heterocycles. The summed E-state index contributed by atoms with van der Waals surface area (Å²) in [4.78, 5) is 19.7. The van der Waals surface area contributed by atoms with Gasteiger partial charge in [0.2, 0.25) is 10.0 Å². The lowest BCUT2D eigenvalue weighted by molar-refractivity contribution is 0.0257. The molecule has 1 aromatic carbocycles. The van der Waals surface area contributed by atoms with Gasteiger partial charge in [0.15, 0.2) is 5.13 Å². The van der Waals surface area contributed by atoms with Gasteiger partial charge in [-0.05, 0) is 32.0 Å². The number of carbonyl (C=O) groups is 1. The molecule has 174 valence electrons. The van der Waals surface area contributed by atoms with Gasteiger partial charge in [0.1, 0.15) is 0 Å². The smallest absolute Gasteiger partial charge is 0.266 e. The molecule has 0 saturated carbocycles. The molecule has 2 aliphatic rings. The number of sulfonamides is 1. The second kappa shape index (κ2) is 8.65. The Morgan fingerprint density at radius 3 is 2.53 bits per heavy atom. The fourth-order valence-corrected chi connectivity index (χ4v) is 5.95. The van der Waals surface area contributed by atoms with E-state index < -0.39 is 28.4 Å². The van der Waals surface area contributed by atoms with Crippen molar-refractivity contribution in [3.05, 3.63) is 34.3 Å². The maximum atomic E-state index is 13.9. The topological polar surface area (TPSA) is 91.8 Å². The number of nitrogens with one attached hydrogen (secondary N) is 1. The molecule has 32 heavy (non-hydrogen) atoms. The van der Waals surface area contributed by atoms with Crippen molar-refractivity contribution in [2.45, 2.75) is 31.1 Å². The summed E-state index contributed by atoms with van der Waals surface area (Å²) in [5.74, 6) is -3.46. The predicted molar refractivity (Wildman–Crippen MR) is 117 cm³/mol. The lowest BCUT2D eigenvalue weighted by Crippen LogP contribution is -2.40. The van der Waals surface area contributed by atoms with Crippen LogP contribution in [0.25, 0.3) is 0 Å². The van der Waals surface area contributed by atoms with Crippen LogP contribution in [-0.4, -0.2) is 68.9 Å². The number of halogens is 2. The van der Waals surface area contributed by atoms with Gasteiger partial charge in [-0.1, -0.05) is 0 Å². The first-order chi connectivity index (χ1) is 15.1. The van der Waals surface area contributed by atoms with Crippen LogP contribution in [-0.2, 0) is 14.8 Å². The van der Waals surface area contributed by atoms with Crippen LogP contribution in [0.5, 0.6) is 0 Å². The number of aryl methyl sites for hydroxylation is 2. The number of aromatic nitrogens is 1. The number of nitrogens with zero attached hydrogens (tertiary/aromatic N) is 3. The third-order valence-electron chi connectivity index (χ3n) is 5.58. The van der Waals surface area contributed by atoms with Crippen LogP contribution in [0, 0.1) is 13.8 Å². The van der Waals surface area contributed by atoms with Crippen LogP contribution >= 0.6 is 11.3 Å². The molecule has 1 N–H and O–H groups in total. The molecular formula is C20H24F2N4O4S2. The number of hydrogen-bond acceptors (Lipinski definition) is 7. The Morgan fingerprint density at radius 2 is 1.94 bits per heavy atom. The number of anilines is 2. The molecule has 0 aliphatic carbocycles. The van der Waals surface area contributed by atoms with E-state index in [4.69, 9.17) is 4.74 Å². The number of thiazole rings is 1. The minimum atomic E-state index is -3.86. The molecule has 0 unspecified atom stereocenters. The first-order valence-corrected chi connectivity index (χ1v) is 12.4. The average molecular weight is 487 g/mol. The molecule has 2 aromatic rings. The van der Waals surface area contributed by atoms with Gasteiger partial charge in [-0.15, -0.1) is 11.3 Å². The zero-order valence-electron chi connectivity index (χ0n) is 17.7. The molecule has 0 bridgehead atoms. The minimum absolute atomic E-state index is 0.0162. The molecule has 1 aromatic heterocycles. The molecule has 8 nitrogen and oxygen atoms in total. The van der Waals surface area contributed by atoms with E-state index in [9.17, 15) is 22.0 Å². The van der Waals surface area contributed by atoms with Crippen LogP contribution in [0.1, 0.15) is 27.3 Å². The number of alkyl halides is 2. The van der Waals surface area contributed by atoms with E-state index in [0.29, 0.717) is 5.13 Å². The first-order valence-electron chi connectivity index (χ1n) is 10.2. The van der Waals surface area contributed by atoms with E-state index in [0.717, 1.165) is 10.6 Å². The summed E-state index contributed by atoms with van der Waals surface area (Å²) < 4.78 is 60.4. The monoisotopic (exact) mass is 486 g/mol. The van der Waals surface area contributed by atoms with Crippen molar-refractivity contribution in [2.75, 3.05) is 49.6 Å². The molecule has 12 heteroatoms. The highest BCUT2D eigenvalue weighted by Gasteiger charge is 2.39. The molecule has 1 amide bonds. The Hall–Kier alpha value is -2.15. The van der Waals surface area contributed by atoms with Gasteiger partial charge < -0.3 is 9.64 Å². The largest absolute Gasteiger partial charge is 0.379 e. The van der Waals surface area contributed by atoms with Crippen molar-refractivity contribution in [3.8, 4) is 0 Å². The Bertz CT molecular complexity index is 1110. The van der Waals surface area contributed by atoms with E-state index in [1.165, 1.54) is 38.7 Å². The Balaban J connectivity index is 1.71. The number of amides is 1. The SMILES string of the molecule is Cc1nc(NC(=O)c2cc(S(=O)(=O)N3CCOCC3)ccc2N2CCC(F)(F)C2)sc1C. The van der Waals surface area contributed by atoms with Crippen molar-refractivity contribution in [3.63, 3.8) is 0 Å². The van der Waals surface area contributed by atoms with Gasteiger partial charge in [-0.3, -0.25) is 10.1 Å². The highest BCUT2D eigenvalue weighted by Crippen LogP contribution is 2.35. The zero-order valence-corrected chi connectivity index (χ0v) is 19.4. The summed E-state index contributed by atoms with van der Waals surface area (Å²) >= 11 is 1.29. The van der Waals surface area contributed by atoms with Crippen molar-refractivity contribution in [1.82, 2.24) is 9.29 Å². The second-order valence-corrected chi connectivity index (χ2v) is 11.0. The van der Waals surface area contributed by atoms with Gasteiger partial charge in [0, 0.05) is 36.6 Å². The molecule has 0 spiro atoms. The highest BCUT2D eigenvalue weighted by atomic mass is 32.2. The number of morpholine rings is 1. The van der Waals surface area contributed by atoms with Gasteiger partial charge in [0.05, 0.1) is 35.9 Å². The summed E-state index contributed by atoms with van der Waals surface area (Å²) in [6.07, 6.45) is -0.327. The highest BCUT2D eigenvalue weighted by molar-refractivity contribution is 7.89. The fraction of sp³-hybridized carbons (Fsp3) is 0.500. The van der Waals surface area contributed by atoms with Gasteiger partial charge in [-0.25, -0.2) is 22.2 Å². The molecule has 2 saturated heterocycles. The summed E-state index contributed by atoms with van der Waals surface area (Å²) in [5.41, 5.74) is 1.06. The average Bonchev–Trinajstić information content (AvgIpc) is 3.28. The lowest BCUT2D eigenvalue weighted by atomic mass is 10.1. The molecule has 2 fully saturated rings. The van der Waals surface area contributed by atoms with Crippen LogP contribution in [0.2, 0.25) is 0 Å². The molecule has 0 radical (unpaired) electrons. The van der Waals surface area contributed by atoms with Crippen molar-refractivity contribution in [1.29, 1.82) is 0 Å². The predicted octanol–water partition coefficient (Wildman–Crippen LogP) is 2.88.